The summed E-state index contributed by atoms with van der Waals surface area (Å²) >= 11 is 0. The Morgan fingerprint density at radius 1 is 1.00 bits per heavy atom. The monoisotopic (exact) mass is 333 g/mol. The highest BCUT2D eigenvalue weighted by Crippen LogP contribution is 2.23. The molecule has 0 aliphatic carbocycles. The van der Waals surface area contributed by atoms with Crippen molar-refractivity contribution in [3.8, 4) is 0 Å². The molecule has 0 aliphatic rings. The molecule has 2 rings (SSSR count). The molecule has 0 fully saturated rings. The minimum absolute atomic E-state index is 0.0741. The van der Waals surface area contributed by atoms with Gasteiger partial charge < -0.3 is 16.0 Å². The number of anilines is 2. The quantitative estimate of drug-likeness (QED) is 0.761. The van der Waals surface area contributed by atoms with E-state index in [-0.39, 0.29) is 23.8 Å². The average Bonchev–Trinajstić information content (AvgIpc) is 2.55. The summed E-state index contributed by atoms with van der Waals surface area (Å²) in [6.07, 6.45) is 0. The van der Waals surface area contributed by atoms with Crippen molar-refractivity contribution in [3.05, 3.63) is 59.7 Å². The van der Waals surface area contributed by atoms with E-state index in [0.29, 0.717) is 12.6 Å². The molecule has 2 amide bonds. The van der Waals surface area contributed by atoms with Crippen LogP contribution in [0.25, 0.3) is 0 Å². The Morgan fingerprint density at radius 2 is 1.67 bits per heavy atom. The number of rotatable bonds is 6. The lowest BCUT2D eigenvalue weighted by molar-refractivity contribution is -0.119. The smallest absolute Gasteiger partial charge is 0.239 e. The van der Waals surface area contributed by atoms with E-state index in [9.17, 15) is 18.4 Å². The highest BCUT2D eigenvalue weighted by Gasteiger charge is 2.12. The molecule has 24 heavy (non-hydrogen) atoms. The van der Waals surface area contributed by atoms with Crippen molar-refractivity contribution in [1.82, 2.24) is 5.32 Å². The maximum atomic E-state index is 13.7. The summed E-state index contributed by atoms with van der Waals surface area (Å²) in [6.45, 7) is 1.38. The minimum atomic E-state index is -0.887. The average molecular weight is 333 g/mol. The Hall–Kier alpha value is -2.96. The normalized spacial score (nSPS) is 10.1. The summed E-state index contributed by atoms with van der Waals surface area (Å²) < 4.78 is 27.3. The van der Waals surface area contributed by atoms with Crippen molar-refractivity contribution in [2.75, 3.05) is 17.2 Å². The molecular formula is C17H17F2N3O2. The summed E-state index contributed by atoms with van der Waals surface area (Å²) in [6, 6.07) is 11.1. The van der Waals surface area contributed by atoms with Crippen molar-refractivity contribution in [1.29, 1.82) is 0 Å². The Labute approximate surface area is 138 Å². The maximum Gasteiger partial charge on any atom is 0.239 e. The number of hydrogen-bond acceptors (Lipinski definition) is 3. The first-order valence-electron chi connectivity index (χ1n) is 7.27. The summed E-state index contributed by atoms with van der Waals surface area (Å²) in [4.78, 5) is 22.8. The first kappa shape index (κ1) is 17.4. The van der Waals surface area contributed by atoms with Crippen molar-refractivity contribution in [3.63, 3.8) is 0 Å². The van der Waals surface area contributed by atoms with Crippen LogP contribution < -0.4 is 16.0 Å². The van der Waals surface area contributed by atoms with E-state index in [1.807, 2.05) is 30.3 Å². The van der Waals surface area contributed by atoms with Crippen LogP contribution in [-0.2, 0) is 16.1 Å². The number of hydrogen-bond donors (Lipinski definition) is 3. The second kappa shape index (κ2) is 8.05. The summed E-state index contributed by atoms with van der Waals surface area (Å²) in [5.41, 5.74) is 0.706. The van der Waals surface area contributed by atoms with Crippen LogP contribution in [0.15, 0.2) is 42.5 Å². The van der Waals surface area contributed by atoms with Crippen LogP contribution in [0.2, 0.25) is 0 Å². The summed E-state index contributed by atoms with van der Waals surface area (Å²) in [7, 11) is 0. The molecule has 0 aromatic heterocycles. The van der Waals surface area contributed by atoms with Crippen LogP contribution in [0.1, 0.15) is 12.5 Å². The van der Waals surface area contributed by atoms with Crippen molar-refractivity contribution >= 4 is 23.2 Å². The summed E-state index contributed by atoms with van der Waals surface area (Å²) in [5, 5.41) is 7.52. The van der Waals surface area contributed by atoms with E-state index >= 15 is 0 Å². The third-order valence-electron chi connectivity index (χ3n) is 3.14. The Balaban J connectivity index is 1.93. The van der Waals surface area contributed by atoms with Crippen molar-refractivity contribution in [2.45, 2.75) is 13.5 Å². The van der Waals surface area contributed by atoms with Gasteiger partial charge in [0.15, 0.2) is 0 Å². The fourth-order valence-corrected chi connectivity index (χ4v) is 2.00. The molecule has 2 aromatic carbocycles. The molecule has 3 N–H and O–H groups in total. The molecule has 7 heteroatoms. The SMILES string of the molecule is CC(=O)Nc1cc(NCC(=O)NCc2ccccc2)c(F)cc1F. The number of nitrogens with one attached hydrogen (secondary N) is 3. The van der Waals surface area contributed by atoms with Crippen molar-refractivity contribution < 1.29 is 18.4 Å². The second-order valence-electron chi connectivity index (χ2n) is 5.11. The molecule has 5 nitrogen and oxygen atoms in total. The topological polar surface area (TPSA) is 70.2 Å². The summed E-state index contributed by atoms with van der Waals surface area (Å²) in [5.74, 6) is -2.56. The highest BCUT2D eigenvalue weighted by molar-refractivity contribution is 5.89. The van der Waals surface area contributed by atoms with Gasteiger partial charge in [-0.25, -0.2) is 8.78 Å². The van der Waals surface area contributed by atoms with Crippen LogP contribution in [0.3, 0.4) is 0 Å². The number of halogens is 2. The molecule has 0 radical (unpaired) electrons. The molecule has 0 saturated heterocycles. The second-order valence-corrected chi connectivity index (χ2v) is 5.11. The zero-order valence-corrected chi connectivity index (χ0v) is 13.0. The fourth-order valence-electron chi connectivity index (χ4n) is 2.00. The van der Waals surface area contributed by atoms with Gasteiger partial charge >= 0.3 is 0 Å². The third-order valence-corrected chi connectivity index (χ3v) is 3.14. The molecule has 0 saturated carbocycles. The predicted octanol–water partition coefficient (Wildman–Crippen LogP) is 2.65. The molecule has 0 atom stereocenters. The van der Waals surface area contributed by atoms with E-state index in [2.05, 4.69) is 16.0 Å². The van der Waals surface area contributed by atoms with Crippen LogP contribution in [-0.4, -0.2) is 18.4 Å². The van der Waals surface area contributed by atoms with E-state index < -0.39 is 17.5 Å². The molecular weight excluding hydrogens is 316 g/mol. The van der Waals surface area contributed by atoms with Gasteiger partial charge in [-0.15, -0.1) is 0 Å². The van der Waals surface area contributed by atoms with Crippen LogP contribution in [0.5, 0.6) is 0 Å². The lowest BCUT2D eigenvalue weighted by Gasteiger charge is -2.11. The number of amides is 2. The van der Waals surface area contributed by atoms with Gasteiger partial charge in [-0.1, -0.05) is 30.3 Å². The highest BCUT2D eigenvalue weighted by atomic mass is 19.1. The van der Waals surface area contributed by atoms with Gasteiger partial charge in [0.25, 0.3) is 0 Å². The van der Waals surface area contributed by atoms with E-state index in [0.717, 1.165) is 11.6 Å². The first-order valence-corrected chi connectivity index (χ1v) is 7.27. The molecule has 2 aromatic rings. The predicted molar refractivity (Wildman–Crippen MR) is 87.4 cm³/mol. The number of benzene rings is 2. The van der Waals surface area contributed by atoms with Gasteiger partial charge in [0.2, 0.25) is 11.8 Å². The molecule has 0 aliphatic heterocycles. The van der Waals surface area contributed by atoms with Crippen molar-refractivity contribution in [2.24, 2.45) is 0 Å². The van der Waals surface area contributed by atoms with Gasteiger partial charge in [0.05, 0.1) is 17.9 Å². The van der Waals surface area contributed by atoms with E-state index in [1.54, 1.807) is 0 Å². The standard InChI is InChI=1S/C17H17F2N3O2/c1-11(23)22-16-8-15(13(18)7-14(16)19)20-10-17(24)21-9-12-5-3-2-4-6-12/h2-8,20H,9-10H2,1H3,(H,21,24)(H,22,23). The van der Waals surface area contributed by atoms with Gasteiger partial charge in [-0.2, -0.15) is 0 Å². The lowest BCUT2D eigenvalue weighted by atomic mass is 10.2. The zero-order chi connectivity index (χ0) is 17.5. The van der Waals surface area contributed by atoms with Gasteiger partial charge in [0.1, 0.15) is 11.6 Å². The van der Waals surface area contributed by atoms with Crippen LogP contribution >= 0.6 is 0 Å². The van der Waals surface area contributed by atoms with E-state index in [4.69, 9.17) is 0 Å². The lowest BCUT2D eigenvalue weighted by Crippen LogP contribution is -2.29. The van der Waals surface area contributed by atoms with Gasteiger partial charge in [-0.3, -0.25) is 9.59 Å². The maximum absolute atomic E-state index is 13.7. The molecule has 0 unspecified atom stereocenters. The van der Waals surface area contributed by atoms with E-state index in [1.165, 1.54) is 6.92 Å². The number of carbonyl (C=O) groups excluding carboxylic acids is 2. The van der Waals surface area contributed by atoms with Gasteiger partial charge in [-0.05, 0) is 11.6 Å². The van der Waals surface area contributed by atoms with Crippen LogP contribution in [0.4, 0.5) is 20.2 Å². The largest absolute Gasteiger partial charge is 0.374 e. The minimum Gasteiger partial charge on any atom is -0.374 e. The zero-order valence-electron chi connectivity index (χ0n) is 13.0. The fraction of sp³-hybridized carbons (Fsp3) is 0.176. The Morgan fingerprint density at radius 3 is 2.33 bits per heavy atom. The Bertz CT molecular complexity index is 736. The number of carbonyl (C=O) groups is 2. The molecule has 126 valence electrons. The Kier molecular flexibility index (Phi) is 5.83. The third kappa shape index (κ3) is 5.05. The molecule has 0 bridgehead atoms. The molecule has 0 spiro atoms. The van der Waals surface area contributed by atoms with Crippen LogP contribution in [0, 0.1) is 11.6 Å². The molecule has 0 heterocycles. The van der Waals surface area contributed by atoms with Gasteiger partial charge in [0, 0.05) is 19.5 Å². The first-order chi connectivity index (χ1) is 11.5.